The van der Waals surface area contributed by atoms with Gasteiger partial charge in [-0.05, 0) is 6.92 Å². The lowest BCUT2D eigenvalue weighted by molar-refractivity contribution is 0.0113. The van der Waals surface area contributed by atoms with E-state index in [4.69, 9.17) is 5.73 Å². The van der Waals surface area contributed by atoms with Gasteiger partial charge in [0.25, 0.3) is 0 Å². The van der Waals surface area contributed by atoms with Crippen molar-refractivity contribution in [3.63, 3.8) is 0 Å². The number of nitrogen functional groups attached to an aromatic ring is 1. The molecule has 0 bridgehead atoms. The number of aliphatic hydroxyl groups is 3. The monoisotopic (exact) mass is 335 g/mol. The highest BCUT2D eigenvalue weighted by Gasteiger charge is 2.43. The van der Waals surface area contributed by atoms with Crippen LogP contribution in [0.1, 0.15) is 18.1 Å². The topological polar surface area (TPSA) is 130 Å². The highest BCUT2D eigenvalue weighted by molar-refractivity contribution is 8.00. The SMILES string of the molecule is CC#CCc1nc(N)c2ncn([C@H]3S[C@H](CO)[C@@H](O)[C@H]3O)c2n1. The number of imidazole rings is 1. The summed E-state index contributed by atoms with van der Waals surface area (Å²) in [6.07, 6.45) is -0.177. The van der Waals surface area contributed by atoms with Crippen LogP contribution in [0.25, 0.3) is 11.2 Å². The Balaban J connectivity index is 2.04. The Bertz CT molecular complexity index is 784. The van der Waals surface area contributed by atoms with E-state index in [-0.39, 0.29) is 12.4 Å². The minimum Gasteiger partial charge on any atom is -0.395 e. The third kappa shape index (κ3) is 2.74. The number of thioether (sulfide) groups is 1. The molecule has 2 aromatic rings. The maximum atomic E-state index is 10.2. The summed E-state index contributed by atoms with van der Waals surface area (Å²) < 4.78 is 1.66. The smallest absolute Gasteiger partial charge is 0.166 e. The molecule has 122 valence electrons. The van der Waals surface area contributed by atoms with Gasteiger partial charge in [-0.3, -0.25) is 4.57 Å². The number of hydrogen-bond acceptors (Lipinski definition) is 8. The maximum absolute atomic E-state index is 10.2. The highest BCUT2D eigenvalue weighted by atomic mass is 32.2. The Labute approximate surface area is 136 Å². The largest absolute Gasteiger partial charge is 0.395 e. The molecular formula is C14H17N5O3S. The van der Waals surface area contributed by atoms with Gasteiger partial charge >= 0.3 is 0 Å². The number of rotatable bonds is 3. The van der Waals surface area contributed by atoms with Crippen LogP contribution < -0.4 is 5.73 Å². The lowest BCUT2D eigenvalue weighted by Crippen LogP contribution is -2.32. The zero-order valence-corrected chi connectivity index (χ0v) is 13.2. The number of nitrogens with two attached hydrogens (primary N) is 1. The summed E-state index contributed by atoms with van der Waals surface area (Å²) in [5.74, 6) is 6.38. The zero-order valence-electron chi connectivity index (χ0n) is 12.4. The normalized spacial score (nSPS) is 27.1. The summed E-state index contributed by atoms with van der Waals surface area (Å²) in [5.41, 5.74) is 6.84. The fourth-order valence-electron chi connectivity index (χ4n) is 2.53. The molecular weight excluding hydrogens is 318 g/mol. The van der Waals surface area contributed by atoms with Gasteiger partial charge in [0.2, 0.25) is 0 Å². The Hall–Kier alpha value is -1.86. The fourth-order valence-corrected chi connectivity index (χ4v) is 3.90. The van der Waals surface area contributed by atoms with Crippen LogP contribution in [-0.4, -0.2) is 58.9 Å². The first-order chi connectivity index (χ1) is 11.1. The fraction of sp³-hybridized carbons (Fsp3) is 0.500. The highest BCUT2D eigenvalue weighted by Crippen LogP contribution is 2.42. The van der Waals surface area contributed by atoms with Crippen LogP contribution in [-0.2, 0) is 6.42 Å². The molecule has 1 fully saturated rings. The predicted octanol–water partition coefficient (Wildman–Crippen LogP) is -0.698. The van der Waals surface area contributed by atoms with Gasteiger partial charge in [0.15, 0.2) is 11.5 Å². The molecule has 4 atom stereocenters. The van der Waals surface area contributed by atoms with E-state index < -0.39 is 22.8 Å². The van der Waals surface area contributed by atoms with E-state index in [2.05, 4.69) is 26.8 Å². The first kappa shape index (κ1) is 16.0. The van der Waals surface area contributed by atoms with Gasteiger partial charge in [0.1, 0.15) is 22.8 Å². The maximum Gasteiger partial charge on any atom is 0.166 e. The van der Waals surface area contributed by atoms with Gasteiger partial charge in [-0.1, -0.05) is 5.92 Å². The summed E-state index contributed by atoms with van der Waals surface area (Å²) >= 11 is 1.27. The molecule has 8 nitrogen and oxygen atoms in total. The van der Waals surface area contributed by atoms with Gasteiger partial charge < -0.3 is 21.1 Å². The molecule has 1 aliphatic heterocycles. The van der Waals surface area contributed by atoms with E-state index in [1.54, 1.807) is 11.5 Å². The molecule has 9 heteroatoms. The third-order valence-corrected chi connectivity index (χ3v) is 5.27. The zero-order chi connectivity index (χ0) is 16.6. The second kappa shape index (κ2) is 6.33. The molecule has 5 N–H and O–H groups in total. The van der Waals surface area contributed by atoms with Gasteiger partial charge in [-0.15, -0.1) is 17.7 Å². The summed E-state index contributed by atoms with van der Waals surface area (Å²) in [7, 11) is 0. The van der Waals surface area contributed by atoms with Crippen molar-refractivity contribution in [2.24, 2.45) is 0 Å². The molecule has 0 radical (unpaired) electrons. The molecule has 3 heterocycles. The van der Waals surface area contributed by atoms with Crippen LogP contribution in [0.4, 0.5) is 5.82 Å². The Morgan fingerprint density at radius 3 is 2.78 bits per heavy atom. The quantitative estimate of drug-likeness (QED) is 0.542. The van der Waals surface area contributed by atoms with Crippen molar-refractivity contribution in [3.8, 4) is 11.8 Å². The molecule has 0 unspecified atom stereocenters. The molecule has 1 saturated heterocycles. The van der Waals surface area contributed by atoms with Crippen LogP contribution in [0, 0.1) is 11.8 Å². The minimum atomic E-state index is -1.04. The summed E-state index contributed by atoms with van der Waals surface area (Å²) in [4.78, 5) is 12.8. The lowest BCUT2D eigenvalue weighted by atomic mass is 10.1. The predicted molar refractivity (Wildman–Crippen MR) is 86.4 cm³/mol. The molecule has 1 aliphatic rings. The third-order valence-electron chi connectivity index (χ3n) is 3.71. The number of nitrogens with zero attached hydrogens (tertiary/aromatic N) is 4. The minimum absolute atomic E-state index is 0.222. The van der Waals surface area contributed by atoms with E-state index in [1.165, 1.54) is 18.1 Å². The summed E-state index contributed by atoms with van der Waals surface area (Å²) in [5, 5.41) is 28.5. The van der Waals surface area contributed by atoms with E-state index in [0.29, 0.717) is 23.4 Å². The Kier molecular flexibility index (Phi) is 4.41. The Morgan fingerprint density at radius 1 is 1.35 bits per heavy atom. The van der Waals surface area contributed by atoms with E-state index in [1.807, 2.05) is 0 Å². The molecule has 0 aliphatic carbocycles. The van der Waals surface area contributed by atoms with Crippen molar-refractivity contribution < 1.29 is 15.3 Å². The van der Waals surface area contributed by atoms with Gasteiger partial charge in [0.05, 0.1) is 30.7 Å². The van der Waals surface area contributed by atoms with E-state index in [9.17, 15) is 15.3 Å². The second-order valence-corrected chi connectivity index (χ2v) is 6.54. The van der Waals surface area contributed by atoms with Crippen LogP contribution in [0.3, 0.4) is 0 Å². The number of anilines is 1. The van der Waals surface area contributed by atoms with Crippen LogP contribution >= 0.6 is 11.8 Å². The van der Waals surface area contributed by atoms with E-state index >= 15 is 0 Å². The number of fused-ring (bicyclic) bond motifs is 1. The first-order valence-corrected chi connectivity index (χ1v) is 8.02. The van der Waals surface area contributed by atoms with Crippen molar-refractivity contribution in [1.82, 2.24) is 19.5 Å². The standard InChI is InChI=1S/C14H17N5O3S/c1-2-3-4-8-17-12(15)9-13(18-8)19(6-16-9)14-11(22)10(21)7(5-20)23-14/h6-7,10-11,14,20-22H,4-5H2,1H3,(H2,15,17,18)/t7-,10-,11-,14+/m1/s1. The van der Waals surface area contributed by atoms with Crippen molar-refractivity contribution in [1.29, 1.82) is 0 Å². The second-order valence-electron chi connectivity index (χ2n) is 5.18. The van der Waals surface area contributed by atoms with Crippen molar-refractivity contribution >= 4 is 28.7 Å². The summed E-state index contributed by atoms with van der Waals surface area (Å²) in [6.45, 7) is 1.51. The van der Waals surface area contributed by atoms with Crippen LogP contribution in [0.5, 0.6) is 0 Å². The molecule has 23 heavy (non-hydrogen) atoms. The molecule has 0 spiro atoms. The average Bonchev–Trinajstić information content (AvgIpc) is 3.08. The molecule has 3 rings (SSSR count). The number of aromatic nitrogens is 4. The number of aliphatic hydroxyl groups excluding tert-OH is 3. The van der Waals surface area contributed by atoms with Crippen LogP contribution in [0.15, 0.2) is 6.33 Å². The molecule has 0 aromatic carbocycles. The lowest BCUT2D eigenvalue weighted by Gasteiger charge is -2.17. The van der Waals surface area contributed by atoms with Crippen molar-refractivity contribution in [2.75, 3.05) is 12.3 Å². The molecule has 0 amide bonds. The van der Waals surface area contributed by atoms with Crippen LogP contribution in [0.2, 0.25) is 0 Å². The van der Waals surface area contributed by atoms with Gasteiger partial charge in [0, 0.05) is 0 Å². The molecule has 2 aromatic heterocycles. The summed E-state index contributed by atoms with van der Waals surface area (Å²) in [6, 6.07) is 0. The first-order valence-electron chi connectivity index (χ1n) is 7.07. The number of hydrogen-bond donors (Lipinski definition) is 4. The average molecular weight is 335 g/mol. The van der Waals surface area contributed by atoms with Gasteiger partial charge in [-0.25, -0.2) is 15.0 Å². The van der Waals surface area contributed by atoms with Crippen molar-refractivity contribution in [3.05, 3.63) is 12.2 Å². The Morgan fingerprint density at radius 2 is 2.13 bits per heavy atom. The van der Waals surface area contributed by atoms with Gasteiger partial charge in [-0.2, -0.15) is 0 Å². The molecule has 0 saturated carbocycles. The van der Waals surface area contributed by atoms with Crippen molar-refractivity contribution in [2.45, 2.75) is 36.2 Å². The van der Waals surface area contributed by atoms with E-state index in [0.717, 1.165) is 0 Å².